The van der Waals surface area contributed by atoms with Crippen LogP contribution in [0.15, 0.2) is 90.1 Å². The molecule has 9 heteroatoms. The maximum atomic E-state index is 13.0. The van der Waals surface area contributed by atoms with Crippen molar-refractivity contribution in [2.24, 2.45) is 0 Å². The van der Waals surface area contributed by atoms with Crippen LogP contribution in [0.25, 0.3) is 10.9 Å². The number of carbonyl (C=O) groups is 2. The van der Waals surface area contributed by atoms with E-state index in [9.17, 15) is 19.5 Å². The quantitative estimate of drug-likeness (QED) is 0.294. The molecule has 0 fully saturated rings. The van der Waals surface area contributed by atoms with Crippen molar-refractivity contribution in [3.8, 4) is 0 Å². The average Bonchev–Trinajstić information content (AvgIpc) is 3.32. The Labute approximate surface area is 217 Å². The van der Waals surface area contributed by atoms with E-state index < -0.39 is 17.9 Å². The number of aryl methyl sites for hydroxylation is 1. The first-order valence-electron chi connectivity index (χ1n) is 12.0. The highest BCUT2D eigenvalue weighted by atomic mass is 16.4. The minimum atomic E-state index is -1.30. The first-order chi connectivity index (χ1) is 18.4. The molecule has 1 unspecified atom stereocenters. The lowest BCUT2D eigenvalue weighted by Crippen LogP contribution is -2.34. The second-order valence-electron chi connectivity index (χ2n) is 9.14. The van der Waals surface area contributed by atoms with Crippen molar-refractivity contribution in [2.45, 2.75) is 25.9 Å². The fraction of sp³-hybridized carbons (Fsp3) is 0.138. The molecule has 0 saturated heterocycles. The summed E-state index contributed by atoms with van der Waals surface area (Å²) in [5, 5.41) is 20.0. The number of nitrogens with one attached hydrogen (secondary N) is 2. The Balaban J connectivity index is 1.30. The van der Waals surface area contributed by atoms with Crippen molar-refractivity contribution in [3.05, 3.63) is 129 Å². The standard InChI is InChI=1S/C29H25N5O4/c1-18-5-10-24-23(12-18)26(33-32-24)27(29(37)38)31-28(36)22-14-21(15-30-16-22)13-19-6-8-20(9-7-19)17-34-11-3-2-4-25(34)35/h2-12,14-16,27H,13,17H2,1H3,(H,31,36)(H,32,33)(H,37,38). The zero-order valence-corrected chi connectivity index (χ0v) is 20.6. The highest BCUT2D eigenvalue weighted by Gasteiger charge is 2.27. The first kappa shape index (κ1) is 24.6. The molecule has 0 bridgehead atoms. The molecule has 3 N–H and O–H groups in total. The molecular weight excluding hydrogens is 482 g/mol. The highest BCUT2D eigenvalue weighted by molar-refractivity contribution is 5.98. The predicted octanol–water partition coefficient (Wildman–Crippen LogP) is 3.62. The van der Waals surface area contributed by atoms with E-state index in [1.807, 2.05) is 49.4 Å². The van der Waals surface area contributed by atoms with E-state index in [0.717, 1.165) is 22.3 Å². The lowest BCUT2D eigenvalue weighted by molar-refractivity contribution is -0.139. The number of pyridine rings is 2. The largest absolute Gasteiger partial charge is 0.479 e. The fourth-order valence-electron chi connectivity index (χ4n) is 4.33. The van der Waals surface area contributed by atoms with Crippen LogP contribution in [0.5, 0.6) is 0 Å². The van der Waals surface area contributed by atoms with Gasteiger partial charge in [-0.1, -0.05) is 42.0 Å². The molecule has 2 aromatic carbocycles. The second-order valence-corrected chi connectivity index (χ2v) is 9.14. The average molecular weight is 508 g/mol. The molecule has 3 heterocycles. The number of aliphatic carboxylic acids is 1. The zero-order valence-electron chi connectivity index (χ0n) is 20.6. The maximum absolute atomic E-state index is 13.0. The number of nitrogens with zero attached hydrogens (tertiary/aromatic N) is 3. The highest BCUT2D eigenvalue weighted by Crippen LogP contribution is 2.24. The Morgan fingerprint density at radius 1 is 1.00 bits per heavy atom. The molecule has 190 valence electrons. The number of amides is 1. The van der Waals surface area contributed by atoms with Crippen molar-refractivity contribution in [1.82, 2.24) is 25.1 Å². The number of benzene rings is 2. The van der Waals surface area contributed by atoms with Crippen LogP contribution < -0.4 is 10.9 Å². The van der Waals surface area contributed by atoms with E-state index in [1.165, 1.54) is 12.3 Å². The third-order valence-electron chi connectivity index (χ3n) is 6.29. The number of aromatic amines is 1. The molecule has 1 atom stereocenters. The monoisotopic (exact) mass is 507 g/mol. The second kappa shape index (κ2) is 10.5. The van der Waals surface area contributed by atoms with Crippen LogP contribution in [-0.4, -0.2) is 36.7 Å². The lowest BCUT2D eigenvalue weighted by Gasteiger charge is -2.14. The fourth-order valence-corrected chi connectivity index (χ4v) is 4.33. The first-order valence-corrected chi connectivity index (χ1v) is 12.0. The SMILES string of the molecule is Cc1ccc2n[nH]c(C(NC(=O)c3cncc(Cc4ccc(Cn5ccccc5=O)cc4)c3)C(=O)O)c2c1. The number of rotatable bonds is 8. The van der Waals surface area contributed by atoms with Gasteiger partial charge in [-0.3, -0.25) is 19.7 Å². The van der Waals surface area contributed by atoms with Gasteiger partial charge in [0.2, 0.25) is 0 Å². The number of carbonyl (C=O) groups excluding carboxylic acids is 1. The minimum absolute atomic E-state index is 0.0568. The molecule has 0 saturated carbocycles. The number of aromatic nitrogens is 4. The summed E-state index contributed by atoms with van der Waals surface area (Å²) < 4.78 is 1.64. The van der Waals surface area contributed by atoms with Crippen LogP contribution in [0.1, 0.15) is 44.3 Å². The van der Waals surface area contributed by atoms with Gasteiger partial charge in [0.1, 0.15) is 0 Å². The summed E-state index contributed by atoms with van der Waals surface area (Å²) in [6.07, 6.45) is 5.37. The number of hydrogen-bond donors (Lipinski definition) is 3. The Morgan fingerprint density at radius 3 is 2.55 bits per heavy atom. The van der Waals surface area contributed by atoms with E-state index in [4.69, 9.17) is 0 Å². The minimum Gasteiger partial charge on any atom is -0.479 e. The Hall–Kier alpha value is -5.05. The van der Waals surface area contributed by atoms with Gasteiger partial charge >= 0.3 is 5.97 Å². The van der Waals surface area contributed by atoms with Crippen molar-refractivity contribution in [2.75, 3.05) is 0 Å². The molecule has 0 aliphatic heterocycles. The summed E-state index contributed by atoms with van der Waals surface area (Å²) in [6.45, 7) is 2.38. The van der Waals surface area contributed by atoms with Crippen LogP contribution in [0.4, 0.5) is 0 Å². The van der Waals surface area contributed by atoms with Gasteiger partial charge in [0.05, 0.1) is 23.3 Å². The zero-order chi connectivity index (χ0) is 26.6. The smallest absolute Gasteiger partial charge is 0.332 e. The molecule has 0 radical (unpaired) electrons. The van der Waals surface area contributed by atoms with E-state index in [0.29, 0.717) is 29.6 Å². The molecule has 1 amide bonds. The van der Waals surface area contributed by atoms with Crippen LogP contribution in [-0.2, 0) is 17.8 Å². The molecule has 9 nitrogen and oxygen atoms in total. The molecular formula is C29H25N5O4. The number of carboxylic acid groups (broad SMARTS) is 1. The van der Waals surface area contributed by atoms with Gasteiger partial charge in [-0.2, -0.15) is 5.10 Å². The Kier molecular flexibility index (Phi) is 6.82. The van der Waals surface area contributed by atoms with Crippen LogP contribution in [0.3, 0.4) is 0 Å². The third kappa shape index (κ3) is 5.36. The predicted molar refractivity (Wildman–Crippen MR) is 142 cm³/mol. The number of hydrogen-bond acceptors (Lipinski definition) is 5. The number of H-pyrrole nitrogens is 1. The van der Waals surface area contributed by atoms with E-state index in [-0.39, 0.29) is 11.1 Å². The molecule has 3 aromatic heterocycles. The van der Waals surface area contributed by atoms with Gasteiger partial charge in [0.15, 0.2) is 6.04 Å². The summed E-state index contributed by atoms with van der Waals surface area (Å²) in [4.78, 5) is 41.2. The van der Waals surface area contributed by atoms with Crippen molar-refractivity contribution >= 4 is 22.8 Å². The van der Waals surface area contributed by atoms with Gasteiger partial charge < -0.3 is 15.0 Å². The van der Waals surface area contributed by atoms with Crippen molar-refractivity contribution in [3.63, 3.8) is 0 Å². The Bertz CT molecular complexity index is 1690. The molecule has 5 rings (SSSR count). The molecule has 0 aliphatic carbocycles. The maximum Gasteiger partial charge on any atom is 0.332 e. The van der Waals surface area contributed by atoms with Gasteiger partial charge in [-0.15, -0.1) is 0 Å². The van der Waals surface area contributed by atoms with Crippen molar-refractivity contribution in [1.29, 1.82) is 0 Å². The summed E-state index contributed by atoms with van der Waals surface area (Å²) >= 11 is 0. The molecule has 5 aromatic rings. The van der Waals surface area contributed by atoms with E-state index >= 15 is 0 Å². The summed E-state index contributed by atoms with van der Waals surface area (Å²) in [7, 11) is 0. The molecule has 0 spiro atoms. The summed E-state index contributed by atoms with van der Waals surface area (Å²) in [6, 6.07) is 18.9. The summed E-state index contributed by atoms with van der Waals surface area (Å²) in [5.41, 5.74) is 4.90. The van der Waals surface area contributed by atoms with Crippen LogP contribution in [0, 0.1) is 6.92 Å². The third-order valence-corrected chi connectivity index (χ3v) is 6.29. The van der Waals surface area contributed by atoms with Gasteiger partial charge in [0.25, 0.3) is 11.5 Å². The van der Waals surface area contributed by atoms with E-state index in [1.54, 1.807) is 35.2 Å². The normalized spacial score (nSPS) is 11.8. The van der Waals surface area contributed by atoms with Crippen molar-refractivity contribution < 1.29 is 14.7 Å². The van der Waals surface area contributed by atoms with Gasteiger partial charge in [-0.05, 0) is 54.3 Å². The summed E-state index contributed by atoms with van der Waals surface area (Å²) in [5.74, 6) is -1.75. The molecule has 38 heavy (non-hydrogen) atoms. The van der Waals surface area contributed by atoms with Gasteiger partial charge in [-0.25, -0.2) is 4.79 Å². The topological polar surface area (TPSA) is 130 Å². The lowest BCUT2D eigenvalue weighted by atomic mass is 10.0. The number of fused-ring (bicyclic) bond motifs is 1. The van der Waals surface area contributed by atoms with E-state index in [2.05, 4.69) is 20.5 Å². The Morgan fingerprint density at radius 2 is 1.79 bits per heavy atom. The number of carboxylic acids is 1. The molecule has 0 aliphatic rings. The van der Waals surface area contributed by atoms with Gasteiger partial charge in [0, 0.05) is 30.0 Å². The van der Waals surface area contributed by atoms with Crippen LogP contribution in [0.2, 0.25) is 0 Å². The van der Waals surface area contributed by atoms with Crippen LogP contribution >= 0.6 is 0 Å².